The van der Waals surface area contributed by atoms with Crippen molar-refractivity contribution in [3.05, 3.63) is 29.8 Å². The highest BCUT2D eigenvalue weighted by Gasteiger charge is 2.13. The third kappa shape index (κ3) is 3.89. The summed E-state index contributed by atoms with van der Waals surface area (Å²) in [5, 5.41) is 0. The first-order valence-electron chi connectivity index (χ1n) is 6.58. The standard InChI is InChI=1S/C14H21N3OS/c1-16(6-7-17-8-10-18-11-9-17)13-5-3-2-4-12(13)14(15)19/h2-5H,6-11H2,1H3,(H2,15,19). The Labute approximate surface area is 120 Å². The number of nitrogens with zero attached hydrogens (tertiary/aromatic N) is 2. The summed E-state index contributed by atoms with van der Waals surface area (Å²) in [6.45, 7) is 5.71. The number of rotatable bonds is 5. The monoisotopic (exact) mass is 279 g/mol. The molecule has 4 nitrogen and oxygen atoms in total. The van der Waals surface area contributed by atoms with Crippen LogP contribution in [0.15, 0.2) is 24.3 Å². The zero-order chi connectivity index (χ0) is 13.7. The van der Waals surface area contributed by atoms with Crippen LogP contribution in [0.25, 0.3) is 0 Å². The minimum absolute atomic E-state index is 0.453. The van der Waals surface area contributed by atoms with Crippen molar-refractivity contribution >= 4 is 22.9 Å². The quantitative estimate of drug-likeness (QED) is 0.817. The minimum atomic E-state index is 0.453. The molecule has 1 aromatic carbocycles. The molecule has 1 fully saturated rings. The fourth-order valence-electron chi connectivity index (χ4n) is 2.25. The fourth-order valence-corrected chi connectivity index (χ4v) is 2.42. The van der Waals surface area contributed by atoms with Crippen LogP contribution < -0.4 is 10.6 Å². The first-order chi connectivity index (χ1) is 9.18. The van der Waals surface area contributed by atoms with Crippen molar-refractivity contribution in [2.75, 3.05) is 51.3 Å². The maximum atomic E-state index is 5.77. The molecule has 1 aliphatic rings. The van der Waals surface area contributed by atoms with Gasteiger partial charge in [0.25, 0.3) is 0 Å². The lowest BCUT2D eigenvalue weighted by Crippen LogP contribution is -2.41. The molecule has 0 aromatic heterocycles. The second-order valence-electron chi connectivity index (χ2n) is 4.76. The molecular weight excluding hydrogens is 258 g/mol. The van der Waals surface area contributed by atoms with E-state index < -0.39 is 0 Å². The summed E-state index contributed by atoms with van der Waals surface area (Å²) in [4.78, 5) is 5.08. The molecule has 0 aliphatic carbocycles. The highest BCUT2D eigenvalue weighted by molar-refractivity contribution is 7.80. The second-order valence-corrected chi connectivity index (χ2v) is 5.20. The highest BCUT2D eigenvalue weighted by atomic mass is 32.1. The van der Waals surface area contributed by atoms with Crippen molar-refractivity contribution in [2.24, 2.45) is 5.73 Å². The van der Waals surface area contributed by atoms with Gasteiger partial charge in [0, 0.05) is 44.5 Å². The molecule has 0 bridgehead atoms. The van der Waals surface area contributed by atoms with Crippen LogP contribution in [0.2, 0.25) is 0 Å². The van der Waals surface area contributed by atoms with Crippen LogP contribution in [0.1, 0.15) is 5.56 Å². The molecule has 2 rings (SSSR count). The number of hydrogen-bond donors (Lipinski definition) is 1. The SMILES string of the molecule is CN(CCN1CCOCC1)c1ccccc1C(N)=S. The third-order valence-corrected chi connectivity index (χ3v) is 3.66. The third-order valence-electron chi connectivity index (χ3n) is 3.44. The normalized spacial score (nSPS) is 16.3. The Morgan fingerprint density at radius 1 is 1.37 bits per heavy atom. The van der Waals surface area contributed by atoms with Crippen molar-refractivity contribution in [3.8, 4) is 0 Å². The van der Waals surface area contributed by atoms with Gasteiger partial charge >= 0.3 is 0 Å². The molecule has 1 heterocycles. The van der Waals surface area contributed by atoms with Crippen molar-refractivity contribution in [1.82, 2.24) is 4.90 Å². The Balaban J connectivity index is 1.95. The number of ether oxygens (including phenoxy) is 1. The summed E-state index contributed by atoms with van der Waals surface area (Å²) >= 11 is 5.10. The van der Waals surface area contributed by atoms with E-state index in [4.69, 9.17) is 22.7 Å². The van der Waals surface area contributed by atoms with E-state index in [1.807, 2.05) is 18.2 Å². The molecule has 1 aliphatic heterocycles. The molecule has 0 amide bonds. The number of likely N-dealkylation sites (N-methyl/N-ethyl adjacent to an activating group) is 1. The molecule has 1 aromatic rings. The van der Waals surface area contributed by atoms with Crippen molar-refractivity contribution < 1.29 is 4.74 Å². The number of thiocarbonyl (C=S) groups is 1. The van der Waals surface area contributed by atoms with Crippen LogP contribution in [-0.2, 0) is 4.74 Å². The Bertz CT molecular complexity index is 432. The summed E-state index contributed by atoms with van der Waals surface area (Å²) in [5.74, 6) is 0. The molecular formula is C14H21N3OS. The van der Waals surface area contributed by atoms with E-state index in [1.165, 1.54) is 0 Å². The summed E-state index contributed by atoms with van der Waals surface area (Å²) in [6.07, 6.45) is 0. The van der Waals surface area contributed by atoms with Crippen LogP contribution in [-0.4, -0.2) is 56.3 Å². The smallest absolute Gasteiger partial charge is 0.106 e. The van der Waals surface area contributed by atoms with Crippen molar-refractivity contribution in [3.63, 3.8) is 0 Å². The lowest BCUT2D eigenvalue weighted by molar-refractivity contribution is 0.0393. The van der Waals surface area contributed by atoms with Crippen LogP contribution in [0.5, 0.6) is 0 Å². The topological polar surface area (TPSA) is 41.7 Å². The van der Waals surface area contributed by atoms with Crippen LogP contribution in [0, 0.1) is 0 Å². The van der Waals surface area contributed by atoms with Gasteiger partial charge in [0.05, 0.1) is 13.2 Å². The number of para-hydroxylation sites is 1. The van der Waals surface area contributed by atoms with E-state index in [0.29, 0.717) is 4.99 Å². The van der Waals surface area contributed by atoms with Gasteiger partial charge in [-0.1, -0.05) is 24.4 Å². The highest BCUT2D eigenvalue weighted by Crippen LogP contribution is 2.18. The number of hydrogen-bond acceptors (Lipinski definition) is 4. The van der Waals surface area contributed by atoms with Gasteiger partial charge in [0.1, 0.15) is 4.99 Å². The van der Waals surface area contributed by atoms with Gasteiger partial charge in [-0.15, -0.1) is 0 Å². The largest absolute Gasteiger partial charge is 0.389 e. The maximum Gasteiger partial charge on any atom is 0.106 e. The van der Waals surface area contributed by atoms with Crippen molar-refractivity contribution in [2.45, 2.75) is 0 Å². The molecule has 0 saturated carbocycles. The van der Waals surface area contributed by atoms with E-state index in [9.17, 15) is 0 Å². The van der Waals surface area contributed by atoms with E-state index >= 15 is 0 Å². The molecule has 0 unspecified atom stereocenters. The first-order valence-corrected chi connectivity index (χ1v) is 6.99. The minimum Gasteiger partial charge on any atom is -0.389 e. The molecule has 1 saturated heterocycles. The Kier molecular flexibility index (Phi) is 5.13. The second kappa shape index (κ2) is 6.84. The zero-order valence-corrected chi connectivity index (χ0v) is 12.2. The van der Waals surface area contributed by atoms with Gasteiger partial charge in [0.15, 0.2) is 0 Å². The Morgan fingerprint density at radius 2 is 2.05 bits per heavy atom. The summed E-state index contributed by atoms with van der Waals surface area (Å²) in [5.41, 5.74) is 7.82. The summed E-state index contributed by atoms with van der Waals surface area (Å²) in [6, 6.07) is 8.02. The number of morpholine rings is 1. The number of benzene rings is 1. The van der Waals surface area contributed by atoms with E-state index in [2.05, 4.69) is 22.9 Å². The average molecular weight is 279 g/mol. The van der Waals surface area contributed by atoms with Gasteiger partial charge in [-0.25, -0.2) is 0 Å². The van der Waals surface area contributed by atoms with E-state index in [0.717, 1.165) is 50.6 Å². The molecule has 5 heteroatoms. The number of anilines is 1. The van der Waals surface area contributed by atoms with Gasteiger partial charge in [0.2, 0.25) is 0 Å². The van der Waals surface area contributed by atoms with Crippen LogP contribution >= 0.6 is 12.2 Å². The lowest BCUT2D eigenvalue weighted by atomic mass is 10.1. The summed E-state index contributed by atoms with van der Waals surface area (Å²) in [7, 11) is 2.08. The predicted molar refractivity (Wildman–Crippen MR) is 82.9 cm³/mol. The molecule has 104 valence electrons. The molecule has 2 N–H and O–H groups in total. The van der Waals surface area contributed by atoms with E-state index in [-0.39, 0.29) is 0 Å². The maximum absolute atomic E-state index is 5.77. The fraction of sp³-hybridized carbons (Fsp3) is 0.500. The lowest BCUT2D eigenvalue weighted by Gasteiger charge is -2.30. The zero-order valence-electron chi connectivity index (χ0n) is 11.3. The molecule has 0 spiro atoms. The van der Waals surface area contributed by atoms with Gasteiger partial charge < -0.3 is 15.4 Å². The molecule has 19 heavy (non-hydrogen) atoms. The summed E-state index contributed by atoms with van der Waals surface area (Å²) < 4.78 is 5.35. The van der Waals surface area contributed by atoms with E-state index in [1.54, 1.807) is 0 Å². The predicted octanol–water partition coefficient (Wildman–Crippen LogP) is 1.09. The number of nitrogens with two attached hydrogens (primary N) is 1. The Hall–Kier alpha value is -1.17. The van der Waals surface area contributed by atoms with Gasteiger partial charge in [-0.05, 0) is 12.1 Å². The van der Waals surface area contributed by atoms with Gasteiger partial charge in [-0.3, -0.25) is 4.90 Å². The van der Waals surface area contributed by atoms with Crippen LogP contribution in [0.4, 0.5) is 5.69 Å². The van der Waals surface area contributed by atoms with Crippen LogP contribution in [0.3, 0.4) is 0 Å². The first kappa shape index (κ1) is 14.2. The van der Waals surface area contributed by atoms with Gasteiger partial charge in [-0.2, -0.15) is 0 Å². The Morgan fingerprint density at radius 3 is 2.74 bits per heavy atom. The van der Waals surface area contributed by atoms with Crippen molar-refractivity contribution in [1.29, 1.82) is 0 Å². The molecule has 0 radical (unpaired) electrons. The molecule has 0 atom stereocenters. The average Bonchev–Trinajstić information content (AvgIpc) is 2.46.